The highest BCUT2D eigenvalue weighted by molar-refractivity contribution is 6.00. The molecule has 4 heteroatoms. The minimum atomic E-state index is 0.108. The van der Waals surface area contributed by atoms with Crippen LogP contribution in [0.1, 0.15) is 46.1 Å². The van der Waals surface area contributed by atoms with Crippen molar-refractivity contribution in [1.29, 1.82) is 5.41 Å². The van der Waals surface area contributed by atoms with Gasteiger partial charge in [0, 0.05) is 24.3 Å². The van der Waals surface area contributed by atoms with Crippen LogP contribution in [0.3, 0.4) is 0 Å². The fraction of sp³-hybridized carbons (Fsp3) is 0.600. The van der Waals surface area contributed by atoms with E-state index in [2.05, 4.69) is 37.6 Å². The van der Waals surface area contributed by atoms with Crippen molar-refractivity contribution >= 4 is 11.5 Å². The molecule has 19 heavy (non-hydrogen) atoms. The van der Waals surface area contributed by atoms with Gasteiger partial charge in [0.15, 0.2) is 0 Å². The highest BCUT2D eigenvalue weighted by Gasteiger charge is 2.20. The first-order chi connectivity index (χ1) is 9.01. The molecule has 3 N–H and O–H groups in total. The largest absolute Gasteiger partial charge is 0.384 e. The Kier molecular flexibility index (Phi) is 5.80. The fourth-order valence-electron chi connectivity index (χ4n) is 2.41. The van der Waals surface area contributed by atoms with E-state index in [9.17, 15) is 0 Å². The number of rotatable bonds is 7. The van der Waals surface area contributed by atoms with Gasteiger partial charge in [-0.15, -0.1) is 0 Å². The number of aromatic nitrogens is 1. The molecule has 0 amide bonds. The molecule has 0 aliphatic carbocycles. The fourth-order valence-corrected chi connectivity index (χ4v) is 2.41. The van der Waals surface area contributed by atoms with Crippen molar-refractivity contribution < 1.29 is 0 Å². The predicted molar refractivity (Wildman–Crippen MR) is 81.8 cm³/mol. The van der Waals surface area contributed by atoms with Crippen molar-refractivity contribution in [2.45, 2.75) is 46.6 Å². The lowest BCUT2D eigenvalue weighted by atomic mass is 10.0. The van der Waals surface area contributed by atoms with Crippen molar-refractivity contribution in [1.82, 2.24) is 4.98 Å². The molecule has 0 spiro atoms. The van der Waals surface area contributed by atoms with E-state index in [1.807, 2.05) is 12.3 Å². The van der Waals surface area contributed by atoms with Crippen LogP contribution >= 0.6 is 0 Å². The predicted octanol–water partition coefficient (Wildman–Crippen LogP) is 3.02. The summed E-state index contributed by atoms with van der Waals surface area (Å²) >= 11 is 0. The third-order valence-electron chi connectivity index (χ3n) is 3.34. The zero-order valence-corrected chi connectivity index (χ0v) is 12.5. The van der Waals surface area contributed by atoms with Crippen molar-refractivity contribution in [3.8, 4) is 0 Å². The average molecular weight is 262 g/mol. The first-order valence-corrected chi connectivity index (χ1v) is 7.06. The lowest BCUT2D eigenvalue weighted by Crippen LogP contribution is -2.38. The van der Waals surface area contributed by atoms with Crippen molar-refractivity contribution in [3.05, 3.63) is 24.0 Å². The van der Waals surface area contributed by atoms with Crippen LogP contribution < -0.4 is 10.6 Å². The minimum Gasteiger partial charge on any atom is -0.384 e. The molecule has 1 heterocycles. The number of hydrogen-bond donors (Lipinski definition) is 2. The molecule has 1 aromatic heterocycles. The van der Waals surface area contributed by atoms with Crippen molar-refractivity contribution in [3.63, 3.8) is 0 Å². The third kappa shape index (κ3) is 3.94. The first kappa shape index (κ1) is 15.5. The number of anilines is 1. The maximum Gasteiger partial charge on any atom is 0.125 e. The van der Waals surface area contributed by atoms with Crippen LogP contribution in [0.15, 0.2) is 18.5 Å². The Morgan fingerprint density at radius 3 is 2.47 bits per heavy atom. The maximum atomic E-state index is 7.73. The summed E-state index contributed by atoms with van der Waals surface area (Å²) in [5, 5.41) is 7.73. The molecule has 0 atom stereocenters. The lowest BCUT2D eigenvalue weighted by molar-refractivity contribution is 0.507. The Bertz CT molecular complexity index is 410. The summed E-state index contributed by atoms with van der Waals surface area (Å²) in [7, 11) is 0. The first-order valence-electron chi connectivity index (χ1n) is 7.06. The molecule has 0 fully saturated rings. The topological polar surface area (TPSA) is 66.0 Å². The second kappa shape index (κ2) is 7.12. The zero-order valence-electron chi connectivity index (χ0n) is 12.5. The Morgan fingerprint density at radius 1 is 1.37 bits per heavy atom. The second-order valence-corrected chi connectivity index (χ2v) is 5.32. The Hall–Kier alpha value is -1.58. The molecule has 0 aromatic carbocycles. The van der Waals surface area contributed by atoms with E-state index in [4.69, 9.17) is 11.1 Å². The molecule has 0 aliphatic heterocycles. The number of nitrogens with one attached hydrogen (secondary N) is 1. The lowest BCUT2D eigenvalue weighted by Gasteiger charge is -2.35. The second-order valence-electron chi connectivity index (χ2n) is 5.32. The van der Waals surface area contributed by atoms with E-state index in [1.165, 1.54) is 0 Å². The number of nitrogens with two attached hydrogens (primary N) is 1. The Labute approximate surface area is 116 Å². The van der Waals surface area contributed by atoms with Gasteiger partial charge in [-0.25, -0.2) is 0 Å². The van der Waals surface area contributed by atoms with Gasteiger partial charge in [0.1, 0.15) is 5.84 Å². The summed E-state index contributed by atoms with van der Waals surface area (Å²) in [5.41, 5.74) is 7.46. The van der Waals surface area contributed by atoms with E-state index in [0.29, 0.717) is 12.0 Å². The standard InChI is InChI=1S/C15H26N4/c1-5-12(6-2)19(10-11(3)4)14-9-18-8-7-13(14)15(16)17/h7-9,11-12H,5-6,10H2,1-4H3,(H3,16,17). The molecule has 0 saturated heterocycles. The van der Waals surface area contributed by atoms with Crippen LogP contribution in [-0.2, 0) is 0 Å². The van der Waals surface area contributed by atoms with Gasteiger partial charge in [0.25, 0.3) is 0 Å². The highest BCUT2D eigenvalue weighted by atomic mass is 15.2. The summed E-state index contributed by atoms with van der Waals surface area (Å²) in [6.07, 6.45) is 5.68. The molecule has 106 valence electrons. The number of nitrogen functional groups attached to an aromatic ring is 1. The molecule has 0 bridgehead atoms. The van der Waals surface area contributed by atoms with E-state index >= 15 is 0 Å². The quantitative estimate of drug-likeness (QED) is 0.586. The SMILES string of the molecule is CCC(CC)N(CC(C)C)c1cnccc1C(=N)N. The normalized spacial score (nSPS) is 11.1. The summed E-state index contributed by atoms with van der Waals surface area (Å²) in [6.45, 7) is 9.77. The van der Waals surface area contributed by atoms with E-state index in [1.54, 1.807) is 6.20 Å². The van der Waals surface area contributed by atoms with Crippen LogP contribution in [0.5, 0.6) is 0 Å². The zero-order chi connectivity index (χ0) is 14.4. The molecular formula is C15H26N4. The van der Waals surface area contributed by atoms with E-state index in [-0.39, 0.29) is 5.84 Å². The van der Waals surface area contributed by atoms with Crippen LogP contribution in [0.25, 0.3) is 0 Å². The van der Waals surface area contributed by atoms with Crippen LogP contribution in [0.2, 0.25) is 0 Å². The molecule has 1 aromatic rings. The molecule has 0 radical (unpaired) electrons. The number of pyridine rings is 1. The number of nitrogens with zero attached hydrogens (tertiary/aromatic N) is 2. The summed E-state index contributed by atoms with van der Waals surface area (Å²) in [5.74, 6) is 0.665. The van der Waals surface area contributed by atoms with Crippen LogP contribution in [0.4, 0.5) is 5.69 Å². The monoisotopic (exact) mass is 262 g/mol. The Balaban J connectivity index is 3.20. The molecule has 0 saturated carbocycles. The van der Waals surface area contributed by atoms with Gasteiger partial charge in [-0.2, -0.15) is 0 Å². The van der Waals surface area contributed by atoms with Gasteiger partial charge in [0.05, 0.1) is 11.9 Å². The van der Waals surface area contributed by atoms with E-state index < -0.39 is 0 Å². The molecular weight excluding hydrogens is 236 g/mol. The third-order valence-corrected chi connectivity index (χ3v) is 3.34. The Morgan fingerprint density at radius 2 is 2.00 bits per heavy atom. The number of amidine groups is 1. The highest BCUT2D eigenvalue weighted by Crippen LogP contribution is 2.25. The summed E-state index contributed by atoms with van der Waals surface area (Å²) in [4.78, 5) is 6.57. The molecule has 0 unspecified atom stereocenters. The van der Waals surface area contributed by atoms with Crippen molar-refractivity contribution in [2.75, 3.05) is 11.4 Å². The summed E-state index contributed by atoms with van der Waals surface area (Å²) < 4.78 is 0. The van der Waals surface area contributed by atoms with Gasteiger partial charge in [-0.05, 0) is 24.8 Å². The van der Waals surface area contributed by atoms with E-state index in [0.717, 1.165) is 30.6 Å². The van der Waals surface area contributed by atoms with Gasteiger partial charge < -0.3 is 10.6 Å². The van der Waals surface area contributed by atoms with Gasteiger partial charge >= 0.3 is 0 Å². The van der Waals surface area contributed by atoms with Crippen LogP contribution in [0, 0.1) is 11.3 Å². The van der Waals surface area contributed by atoms with Crippen molar-refractivity contribution in [2.24, 2.45) is 11.7 Å². The average Bonchev–Trinajstić information content (AvgIpc) is 2.38. The summed E-state index contributed by atoms with van der Waals surface area (Å²) in [6, 6.07) is 2.29. The molecule has 0 aliphatic rings. The number of hydrogen-bond acceptors (Lipinski definition) is 3. The smallest absolute Gasteiger partial charge is 0.125 e. The maximum absolute atomic E-state index is 7.73. The minimum absolute atomic E-state index is 0.108. The van der Waals surface area contributed by atoms with Crippen LogP contribution in [-0.4, -0.2) is 23.4 Å². The van der Waals surface area contributed by atoms with Gasteiger partial charge in [-0.3, -0.25) is 10.4 Å². The van der Waals surface area contributed by atoms with Gasteiger partial charge in [-0.1, -0.05) is 27.7 Å². The molecule has 1 rings (SSSR count). The molecule has 4 nitrogen and oxygen atoms in total. The van der Waals surface area contributed by atoms with Gasteiger partial charge in [0.2, 0.25) is 0 Å².